The van der Waals surface area contributed by atoms with Crippen molar-refractivity contribution in [1.29, 1.82) is 0 Å². The molecule has 0 N–H and O–H groups in total. The third-order valence-corrected chi connectivity index (χ3v) is 6.30. The van der Waals surface area contributed by atoms with Crippen molar-refractivity contribution < 1.29 is 14.3 Å². The van der Waals surface area contributed by atoms with Crippen molar-refractivity contribution in [3.05, 3.63) is 65.9 Å². The van der Waals surface area contributed by atoms with Crippen molar-refractivity contribution in [1.82, 2.24) is 24.8 Å². The summed E-state index contributed by atoms with van der Waals surface area (Å²) in [7, 11) is 3.22. The van der Waals surface area contributed by atoms with Crippen molar-refractivity contribution >= 4 is 11.5 Å². The smallest absolute Gasteiger partial charge is 0.254 e. The third kappa shape index (κ3) is 3.92. The van der Waals surface area contributed by atoms with Crippen LogP contribution < -0.4 is 9.47 Å². The number of amides is 1. The van der Waals surface area contributed by atoms with Crippen LogP contribution in [-0.2, 0) is 0 Å². The number of carbonyl (C=O) groups excluding carboxylic acids is 1. The standard InChI is InChI=1S/C25H25N5O3/c1-15-12-28-24(33-3)22(29-15)16-9-17-13-30(14-18(17)10-16)25(31)20-6-5-19(32-2)11-21(20)23-26-7-4-8-27-23/h4-9,11-12,17-18H,10,13-14H2,1-3H3. The van der Waals surface area contributed by atoms with E-state index in [0.717, 1.165) is 23.4 Å². The number of hydrogen-bond donors (Lipinski definition) is 0. The number of carbonyl (C=O) groups is 1. The molecule has 8 heteroatoms. The zero-order valence-electron chi connectivity index (χ0n) is 18.9. The van der Waals surface area contributed by atoms with E-state index in [1.165, 1.54) is 0 Å². The average molecular weight is 444 g/mol. The highest BCUT2D eigenvalue weighted by molar-refractivity contribution is 6.00. The molecule has 168 valence electrons. The Balaban J connectivity index is 1.40. The maximum absolute atomic E-state index is 13.5. The molecule has 2 aliphatic rings. The van der Waals surface area contributed by atoms with Crippen LogP contribution in [0, 0.1) is 18.8 Å². The van der Waals surface area contributed by atoms with E-state index in [-0.39, 0.29) is 11.8 Å². The Hall–Kier alpha value is -3.81. The SMILES string of the molecule is COc1ccc(C(=O)N2CC3C=C(c4nc(C)cnc4OC)CC3C2)c(-c2ncccn2)c1. The van der Waals surface area contributed by atoms with Gasteiger partial charge in [0.1, 0.15) is 11.4 Å². The average Bonchev–Trinajstić information content (AvgIpc) is 3.43. The van der Waals surface area contributed by atoms with Gasteiger partial charge in [-0.1, -0.05) is 6.08 Å². The lowest BCUT2D eigenvalue weighted by molar-refractivity contribution is 0.0785. The van der Waals surface area contributed by atoms with Gasteiger partial charge in [0.15, 0.2) is 5.82 Å². The van der Waals surface area contributed by atoms with Crippen molar-refractivity contribution in [2.45, 2.75) is 13.3 Å². The number of hydrogen-bond acceptors (Lipinski definition) is 7. The summed E-state index contributed by atoms with van der Waals surface area (Å²) < 4.78 is 10.8. The van der Waals surface area contributed by atoms with Gasteiger partial charge in [-0.2, -0.15) is 0 Å². The van der Waals surface area contributed by atoms with Crippen LogP contribution in [0.3, 0.4) is 0 Å². The number of fused-ring (bicyclic) bond motifs is 1. The van der Waals surface area contributed by atoms with E-state index in [2.05, 4.69) is 26.0 Å². The topological polar surface area (TPSA) is 90.3 Å². The van der Waals surface area contributed by atoms with Crippen LogP contribution in [0.15, 0.2) is 48.9 Å². The molecular weight excluding hydrogens is 418 g/mol. The summed E-state index contributed by atoms with van der Waals surface area (Å²) in [5, 5.41) is 0. The number of aromatic nitrogens is 4. The molecule has 1 amide bonds. The Morgan fingerprint density at radius 2 is 1.91 bits per heavy atom. The number of allylic oxidation sites excluding steroid dienone is 1. The first-order valence-electron chi connectivity index (χ1n) is 10.9. The Morgan fingerprint density at radius 1 is 1.09 bits per heavy atom. The van der Waals surface area contributed by atoms with Gasteiger partial charge in [0.05, 0.1) is 31.7 Å². The fourth-order valence-corrected chi connectivity index (χ4v) is 4.71. The minimum Gasteiger partial charge on any atom is -0.497 e. The van der Waals surface area contributed by atoms with Gasteiger partial charge in [0, 0.05) is 31.0 Å². The minimum absolute atomic E-state index is 0.0163. The number of methoxy groups -OCH3 is 2. The molecule has 3 heterocycles. The minimum atomic E-state index is -0.0163. The number of rotatable bonds is 5. The molecule has 0 saturated carbocycles. The van der Waals surface area contributed by atoms with Crippen molar-refractivity contribution in [3.8, 4) is 23.0 Å². The largest absolute Gasteiger partial charge is 0.497 e. The summed E-state index contributed by atoms with van der Waals surface area (Å²) in [6, 6.07) is 7.18. The molecule has 1 fully saturated rings. The van der Waals surface area contributed by atoms with Gasteiger partial charge < -0.3 is 14.4 Å². The van der Waals surface area contributed by atoms with E-state index >= 15 is 0 Å². The quantitative estimate of drug-likeness (QED) is 0.597. The second-order valence-corrected chi connectivity index (χ2v) is 8.38. The lowest BCUT2D eigenvalue weighted by Crippen LogP contribution is -2.30. The second kappa shape index (κ2) is 8.61. The molecule has 1 aliphatic heterocycles. The molecule has 0 spiro atoms. The maximum Gasteiger partial charge on any atom is 0.254 e. The van der Waals surface area contributed by atoms with Crippen LogP contribution in [0.2, 0.25) is 0 Å². The molecule has 1 saturated heterocycles. The predicted molar refractivity (Wildman–Crippen MR) is 123 cm³/mol. The van der Waals surface area contributed by atoms with Gasteiger partial charge in [-0.05, 0) is 55.0 Å². The number of ether oxygens (including phenoxy) is 2. The Kier molecular flexibility index (Phi) is 5.50. The molecule has 2 atom stereocenters. The number of likely N-dealkylation sites (tertiary alicyclic amines) is 1. The molecule has 0 bridgehead atoms. The van der Waals surface area contributed by atoms with Crippen LogP contribution in [0.25, 0.3) is 17.0 Å². The first-order valence-corrected chi connectivity index (χ1v) is 10.9. The molecule has 3 aromatic rings. The van der Waals surface area contributed by atoms with E-state index in [4.69, 9.17) is 9.47 Å². The van der Waals surface area contributed by atoms with Crippen molar-refractivity contribution in [2.24, 2.45) is 11.8 Å². The van der Waals surface area contributed by atoms with Crippen LogP contribution in [-0.4, -0.2) is 58.1 Å². The van der Waals surface area contributed by atoms with Gasteiger partial charge in [0.2, 0.25) is 5.88 Å². The second-order valence-electron chi connectivity index (χ2n) is 8.38. The zero-order valence-corrected chi connectivity index (χ0v) is 18.9. The highest BCUT2D eigenvalue weighted by Crippen LogP contribution is 2.43. The van der Waals surface area contributed by atoms with Crippen LogP contribution in [0.5, 0.6) is 11.6 Å². The van der Waals surface area contributed by atoms with Gasteiger partial charge in [-0.15, -0.1) is 0 Å². The van der Waals surface area contributed by atoms with Gasteiger partial charge in [-0.25, -0.2) is 19.9 Å². The summed E-state index contributed by atoms with van der Waals surface area (Å²) in [6.45, 7) is 3.28. The van der Waals surface area contributed by atoms with Crippen molar-refractivity contribution in [2.75, 3.05) is 27.3 Å². The first kappa shape index (κ1) is 21.1. The van der Waals surface area contributed by atoms with Gasteiger partial charge in [0.25, 0.3) is 5.91 Å². The normalized spacial score (nSPS) is 19.2. The molecule has 2 aromatic heterocycles. The molecule has 0 radical (unpaired) electrons. The summed E-state index contributed by atoms with van der Waals surface area (Å²) in [5.74, 6) is 2.33. The summed E-state index contributed by atoms with van der Waals surface area (Å²) in [4.78, 5) is 33.2. The molecule has 1 aromatic carbocycles. The van der Waals surface area contributed by atoms with Crippen LogP contribution in [0.1, 0.15) is 28.2 Å². The maximum atomic E-state index is 13.5. The van der Waals surface area contributed by atoms with Gasteiger partial charge >= 0.3 is 0 Å². The van der Waals surface area contributed by atoms with E-state index in [1.54, 1.807) is 51.0 Å². The fraction of sp³-hybridized carbons (Fsp3) is 0.320. The Bertz CT molecular complexity index is 1230. The summed E-state index contributed by atoms with van der Waals surface area (Å²) in [5.41, 5.74) is 4.07. The highest BCUT2D eigenvalue weighted by atomic mass is 16.5. The van der Waals surface area contributed by atoms with E-state index < -0.39 is 0 Å². The molecule has 1 aliphatic carbocycles. The van der Waals surface area contributed by atoms with Crippen molar-refractivity contribution in [3.63, 3.8) is 0 Å². The summed E-state index contributed by atoms with van der Waals surface area (Å²) in [6.07, 6.45) is 8.14. The van der Waals surface area contributed by atoms with Crippen LogP contribution >= 0.6 is 0 Å². The number of nitrogens with zero attached hydrogens (tertiary/aromatic N) is 5. The first-order chi connectivity index (χ1) is 16.1. The van der Waals surface area contributed by atoms with E-state index in [0.29, 0.717) is 47.6 Å². The van der Waals surface area contributed by atoms with E-state index in [9.17, 15) is 4.79 Å². The number of aryl methyl sites for hydroxylation is 1. The third-order valence-electron chi connectivity index (χ3n) is 6.30. The van der Waals surface area contributed by atoms with E-state index in [1.807, 2.05) is 17.9 Å². The predicted octanol–water partition coefficient (Wildman–Crippen LogP) is 3.43. The molecule has 5 rings (SSSR count). The lowest BCUT2D eigenvalue weighted by atomic mass is 9.99. The zero-order chi connectivity index (χ0) is 22.9. The molecule has 2 unspecified atom stereocenters. The molecule has 8 nitrogen and oxygen atoms in total. The molecule has 33 heavy (non-hydrogen) atoms. The summed E-state index contributed by atoms with van der Waals surface area (Å²) >= 11 is 0. The number of benzene rings is 1. The van der Waals surface area contributed by atoms with Crippen LogP contribution in [0.4, 0.5) is 0 Å². The monoisotopic (exact) mass is 443 g/mol. The Labute approximate surface area is 192 Å². The fourth-order valence-electron chi connectivity index (χ4n) is 4.71. The Morgan fingerprint density at radius 3 is 2.64 bits per heavy atom. The lowest BCUT2D eigenvalue weighted by Gasteiger charge is -2.19. The van der Waals surface area contributed by atoms with Gasteiger partial charge in [-0.3, -0.25) is 4.79 Å². The highest BCUT2D eigenvalue weighted by Gasteiger charge is 2.40. The molecular formula is C25H25N5O3.